The van der Waals surface area contributed by atoms with E-state index in [1.807, 2.05) is 42.3 Å². The fourth-order valence-corrected chi connectivity index (χ4v) is 3.87. The first kappa shape index (κ1) is 17.0. The number of aryl methyl sites for hydroxylation is 1. The van der Waals surface area contributed by atoms with Crippen molar-refractivity contribution in [3.05, 3.63) is 54.0 Å². The Morgan fingerprint density at radius 1 is 1.04 bits per heavy atom. The first-order valence-electron chi connectivity index (χ1n) is 9.31. The second kappa shape index (κ2) is 7.41. The van der Waals surface area contributed by atoms with Crippen LogP contribution in [0.3, 0.4) is 0 Å². The molecular weight excluding hydrogens is 326 g/mol. The van der Waals surface area contributed by atoms with Gasteiger partial charge in [0.25, 0.3) is 5.91 Å². The quantitative estimate of drug-likeness (QED) is 0.844. The van der Waals surface area contributed by atoms with Gasteiger partial charge in [-0.2, -0.15) is 0 Å². The number of nitrogens with zero attached hydrogens (tertiary/aromatic N) is 5. The average Bonchev–Trinajstić information content (AvgIpc) is 3.19. The number of amides is 1. The summed E-state index contributed by atoms with van der Waals surface area (Å²) >= 11 is 0. The third kappa shape index (κ3) is 3.55. The Hall–Kier alpha value is -2.47. The van der Waals surface area contributed by atoms with E-state index in [-0.39, 0.29) is 5.91 Å². The number of anilines is 1. The lowest BCUT2D eigenvalue weighted by Gasteiger charge is -2.38. The Balaban J connectivity index is 1.32. The molecule has 2 saturated heterocycles. The van der Waals surface area contributed by atoms with Crippen LogP contribution >= 0.6 is 0 Å². The summed E-state index contributed by atoms with van der Waals surface area (Å²) in [5.74, 6) is 1.11. The van der Waals surface area contributed by atoms with E-state index < -0.39 is 0 Å². The molecule has 2 aliphatic heterocycles. The number of carbonyl (C=O) groups is 1. The molecule has 6 nitrogen and oxygen atoms in total. The highest BCUT2D eigenvalue weighted by atomic mass is 16.2. The van der Waals surface area contributed by atoms with Gasteiger partial charge in [0.1, 0.15) is 5.82 Å². The van der Waals surface area contributed by atoms with Crippen molar-refractivity contribution in [3.63, 3.8) is 0 Å². The van der Waals surface area contributed by atoms with Crippen molar-refractivity contribution in [2.75, 3.05) is 44.2 Å². The molecule has 6 heteroatoms. The van der Waals surface area contributed by atoms with Crippen LogP contribution in [0.4, 0.5) is 5.82 Å². The van der Waals surface area contributed by atoms with E-state index in [4.69, 9.17) is 0 Å². The smallest absolute Gasteiger partial charge is 0.253 e. The number of hydrogen-bond acceptors (Lipinski definition) is 5. The van der Waals surface area contributed by atoms with E-state index >= 15 is 0 Å². The van der Waals surface area contributed by atoms with Crippen LogP contribution in [-0.4, -0.2) is 71.0 Å². The molecule has 0 spiro atoms. The second-order valence-corrected chi connectivity index (χ2v) is 7.15. The van der Waals surface area contributed by atoms with Gasteiger partial charge < -0.3 is 9.80 Å². The lowest BCUT2D eigenvalue weighted by atomic mass is 10.1. The van der Waals surface area contributed by atoms with Gasteiger partial charge in [-0.05, 0) is 25.5 Å². The van der Waals surface area contributed by atoms with Crippen LogP contribution < -0.4 is 4.90 Å². The standard InChI is InChI=1S/C20H25N5O/c1-16-2-4-17(5-3-16)20(26)25-9-6-18(15-25)23-10-12-24(13-11-23)19-14-21-7-8-22-19/h2-5,7-8,14,18H,6,9-13,15H2,1H3/t18-/m1/s1. The lowest BCUT2D eigenvalue weighted by molar-refractivity contribution is 0.0775. The number of likely N-dealkylation sites (tertiary alicyclic amines) is 1. The van der Waals surface area contributed by atoms with Crippen LogP contribution in [0.1, 0.15) is 22.3 Å². The Morgan fingerprint density at radius 2 is 1.81 bits per heavy atom. The summed E-state index contributed by atoms with van der Waals surface area (Å²) in [5, 5.41) is 0. The third-order valence-corrected chi connectivity index (χ3v) is 5.45. The first-order chi connectivity index (χ1) is 12.7. The maximum atomic E-state index is 12.7. The van der Waals surface area contributed by atoms with Gasteiger partial charge in [0.05, 0.1) is 6.20 Å². The van der Waals surface area contributed by atoms with Crippen LogP contribution in [0.5, 0.6) is 0 Å². The Morgan fingerprint density at radius 3 is 2.50 bits per heavy atom. The van der Waals surface area contributed by atoms with Gasteiger partial charge in [-0.1, -0.05) is 17.7 Å². The Labute approximate surface area is 154 Å². The first-order valence-corrected chi connectivity index (χ1v) is 9.31. The van der Waals surface area contributed by atoms with Crippen molar-refractivity contribution in [2.24, 2.45) is 0 Å². The highest BCUT2D eigenvalue weighted by molar-refractivity contribution is 5.94. The third-order valence-electron chi connectivity index (χ3n) is 5.45. The van der Waals surface area contributed by atoms with E-state index in [1.54, 1.807) is 12.4 Å². The van der Waals surface area contributed by atoms with Gasteiger partial charge in [0.2, 0.25) is 0 Å². The zero-order chi connectivity index (χ0) is 17.9. The highest BCUT2D eigenvalue weighted by Crippen LogP contribution is 2.21. The summed E-state index contributed by atoms with van der Waals surface area (Å²) in [6.45, 7) is 7.66. The molecule has 2 aliphatic rings. The number of piperazine rings is 1. The van der Waals surface area contributed by atoms with E-state index in [0.717, 1.165) is 57.1 Å². The maximum absolute atomic E-state index is 12.7. The predicted molar refractivity (Wildman–Crippen MR) is 101 cm³/mol. The summed E-state index contributed by atoms with van der Waals surface area (Å²) in [7, 11) is 0. The minimum Gasteiger partial charge on any atom is -0.353 e. The molecule has 2 aromatic rings. The lowest BCUT2D eigenvalue weighted by Crippen LogP contribution is -2.51. The molecule has 4 rings (SSSR count). The normalized spacial score (nSPS) is 21.2. The summed E-state index contributed by atoms with van der Waals surface area (Å²) in [4.78, 5) is 28.1. The van der Waals surface area contributed by atoms with Crippen molar-refractivity contribution >= 4 is 11.7 Å². The fourth-order valence-electron chi connectivity index (χ4n) is 3.87. The van der Waals surface area contributed by atoms with Crippen LogP contribution in [0, 0.1) is 6.92 Å². The summed E-state index contributed by atoms with van der Waals surface area (Å²) in [6.07, 6.45) is 6.33. The number of aromatic nitrogens is 2. The molecule has 1 amide bonds. The minimum absolute atomic E-state index is 0.158. The molecule has 136 valence electrons. The minimum atomic E-state index is 0.158. The number of benzene rings is 1. The van der Waals surface area contributed by atoms with Gasteiger partial charge in [-0.15, -0.1) is 0 Å². The molecule has 26 heavy (non-hydrogen) atoms. The molecule has 0 unspecified atom stereocenters. The van der Waals surface area contributed by atoms with E-state index in [2.05, 4.69) is 19.8 Å². The molecular formula is C20H25N5O. The maximum Gasteiger partial charge on any atom is 0.253 e. The van der Waals surface area contributed by atoms with Crippen LogP contribution in [0.25, 0.3) is 0 Å². The highest BCUT2D eigenvalue weighted by Gasteiger charge is 2.32. The molecule has 2 fully saturated rings. The molecule has 1 atom stereocenters. The monoisotopic (exact) mass is 351 g/mol. The summed E-state index contributed by atoms with van der Waals surface area (Å²) in [6, 6.07) is 8.35. The van der Waals surface area contributed by atoms with E-state index in [1.165, 1.54) is 5.56 Å². The zero-order valence-corrected chi connectivity index (χ0v) is 15.2. The Kier molecular flexibility index (Phi) is 4.84. The van der Waals surface area contributed by atoms with Crippen molar-refractivity contribution in [1.82, 2.24) is 19.8 Å². The molecule has 0 radical (unpaired) electrons. The van der Waals surface area contributed by atoms with Crippen LogP contribution in [0.15, 0.2) is 42.9 Å². The zero-order valence-electron chi connectivity index (χ0n) is 15.2. The molecule has 0 aliphatic carbocycles. The van der Waals surface area contributed by atoms with E-state index in [0.29, 0.717) is 6.04 Å². The SMILES string of the molecule is Cc1ccc(C(=O)N2CC[C@@H](N3CCN(c4cnccn4)CC3)C2)cc1. The summed E-state index contributed by atoms with van der Waals surface area (Å²) in [5.41, 5.74) is 1.98. The van der Waals surface area contributed by atoms with Crippen molar-refractivity contribution in [2.45, 2.75) is 19.4 Å². The topological polar surface area (TPSA) is 52.6 Å². The molecule has 0 N–H and O–H groups in total. The fraction of sp³-hybridized carbons (Fsp3) is 0.450. The number of hydrogen-bond donors (Lipinski definition) is 0. The van der Waals surface area contributed by atoms with Gasteiger partial charge in [-0.25, -0.2) is 4.98 Å². The van der Waals surface area contributed by atoms with Crippen molar-refractivity contribution in [3.8, 4) is 0 Å². The van der Waals surface area contributed by atoms with Gasteiger partial charge in [0, 0.05) is 63.3 Å². The van der Waals surface area contributed by atoms with Gasteiger partial charge >= 0.3 is 0 Å². The Bertz CT molecular complexity index is 741. The average molecular weight is 351 g/mol. The van der Waals surface area contributed by atoms with Crippen LogP contribution in [0.2, 0.25) is 0 Å². The van der Waals surface area contributed by atoms with Gasteiger partial charge in [0.15, 0.2) is 0 Å². The molecule has 0 saturated carbocycles. The number of rotatable bonds is 3. The molecule has 1 aromatic carbocycles. The number of carbonyl (C=O) groups excluding carboxylic acids is 1. The molecule has 1 aromatic heterocycles. The van der Waals surface area contributed by atoms with E-state index in [9.17, 15) is 4.79 Å². The summed E-state index contributed by atoms with van der Waals surface area (Å²) < 4.78 is 0. The largest absolute Gasteiger partial charge is 0.353 e. The second-order valence-electron chi connectivity index (χ2n) is 7.15. The van der Waals surface area contributed by atoms with Crippen LogP contribution in [-0.2, 0) is 0 Å². The molecule has 3 heterocycles. The van der Waals surface area contributed by atoms with Crippen molar-refractivity contribution < 1.29 is 4.79 Å². The van der Waals surface area contributed by atoms with Gasteiger partial charge in [-0.3, -0.25) is 14.7 Å². The molecule has 0 bridgehead atoms. The van der Waals surface area contributed by atoms with Crippen molar-refractivity contribution in [1.29, 1.82) is 0 Å². The predicted octanol–water partition coefficient (Wildman–Crippen LogP) is 1.82.